The van der Waals surface area contributed by atoms with E-state index in [1.165, 1.54) is 5.56 Å². The predicted molar refractivity (Wildman–Crippen MR) is 201 cm³/mol. The van der Waals surface area contributed by atoms with E-state index >= 15 is 0 Å². The molecule has 1 N–H and O–H groups in total. The maximum atomic E-state index is 14.1. The summed E-state index contributed by atoms with van der Waals surface area (Å²) in [7, 11) is 4.89. The summed E-state index contributed by atoms with van der Waals surface area (Å²) >= 11 is 0. The summed E-state index contributed by atoms with van der Waals surface area (Å²) in [4.78, 5) is 38.3. The molecule has 0 aliphatic carbocycles. The molecule has 4 aromatic carbocycles. The van der Waals surface area contributed by atoms with Gasteiger partial charge >= 0.3 is 0 Å². The number of methoxy groups -OCH3 is 2. The number of aliphatic imine (C=N–C) groups is 1. The molecule has 2 amide bonds. The third-order valence-corrected chi connectivity index (χ3v) is 11.3. The Morgan fingerprint density at radius 2 is 1.28 bits per heavy atom. The van der Waals surface area contributed by atoms with Crippen molar-refractivity contribution < 1.29 is 33.6 Å². The molecule has 11 nitrogen and oxygen atoms in total. The molecule has 0 aromatic heterocycles. The number of likely N-dealkylation sites (N-methyl/N-ethyl adjacent to an activating group) is 1. The minimum absolute atomic E-state index is 0.0996. The van der Waals surface area contributed by atoms with Crippen molar-refractivity contribution in [1.29, 1.82) is 0 Å². The second kappa shape index (κ2) is 13.1. The zero-order valence-electron chi connectivity index (χ0n) is 30.7. The maximum Gasteiger partial charge on any atom is 0.257 e. The van der Waals surface area contributed by atoms with Crippen LogP contribution >= 0.6 is 0 Å². The van der Waals surface area contributed by atoms with Gasteiger partial charge in [-0.05, 0) is 48.2 Å². The van der Waals surface area contributed by atoms with Crippen molar-refractivity contribution in [3.8, 4) is 23.0 Å². The van der Waals surface area contributed by atoms with Crippen LogP contribution in [0.4, 0.5) is 11.4 Å². The molecule has 11 heteroatoms. The molecule has 8 rings (SSSR count). The lowest BCUT2D eigenvalue weighted by Crippen LogP contribution is -2.62. The van der Waals surface area contributed by atoms with Crippen LogP contribution in [0.1, 0.15) is 63.2 Å². The van der Waals surface area contributed by atoms with Crippen molar-refractivity contribution in [2.45, 2.75) is 63.5 Å². The van der Waals surface area contributed by atoms with Gasteiger partial charge in [0.2, 0.25) is 0 Å². The number of hydrogen-bond donors (Lipinski definition) is 1. The van der Waals surface area contributed by atoms with Crippen molar-refractivity contribution in [3.63, 3.8) is 0 Å². The zero-order valence-corrected chi connectivity index (χ0v) is 30.7. The molecule has 274 valence electrons. The second-order valence-electron chi connectivity index (χ2n) is 14.7. The Labute approximate surface area is 309 Å². The Balaban J connectivity index is 0.968. The van der Waals surface area contributed by atoms with E-state index in [4.69, 9.17) is 23.9 Å². The van der Waals surface area contributed by atoms with Crippen molar-refractivity contribution in [1.82, 2.24) is 9.80 Å². The first kappa shape index (κ1) is 34.5. The highest BCUT2D eigenvalue weighted by Crippen LogP contribution is 2.45. The van der Waals surface area contributed by atoms with Gasteiger partial charge < -0.3 is 38.8 Å². The Kier molecular flexibility index (Phi) is 8.56. The lowest BCUT2D eigenvalue weighted by atomic mass is 9.82. The Morgan fingerprint density at radius 3 is 1.92 bits per heavy atom. The molecular formula is C42H44N4O7. The first-order valence-corrected chi connectivity index (χ1v) is 18.0. The van der Waals surface area contributed by atoms with E-state index in [0.29, 0.717) is 84.5 Å². The molecule has 0 bridgehead atoms. The molecule has 4 aliphatic heterocycles. The van der Waals surface area contributed by atoms with Crippen LogP contribution in [0.25, 0.3) is 0 Å². The van der Waals surface area contributed by atoms with Crippen LogP contribution in [0.5, 0.6) is 23.0 Å². The number of carbonyl (C=O) groups excluding carboxylic acids is 2. The highest BCUT2D eigenvalue weighted by Gasteiger charge is 2.50. The number of anilines is 1. The van der Waals surface area contributed by atoms with E-state index in [9.17, 15) is 14.7 Å². The molecule has 0 fully saturated rings. The first-order valence-electron chi connectivity index (χ1n) is 18.0. The minimum Gasteiger partial charge on any atom is -0.493 e. The van der Waals surface area contributed by atoms with Gasteiger partial charge in [0, 0.05) is 57.7 Å². The Morgan fingerprint density at radius 1 is 0.736 bits per heavy atom. The summed E-state index contributed by atoms with van der Waals surface area (Å²) in [6, 6.07) is 23.2. The fourth-order valence-corrected chi connectivity index (χ4v) is 8.24. The summed E-state index contributed by atoms with van der Waals surface area (Å²) < 4.78 is 23.8. The number of ether oxygens (including phenoxy) is 4. The lowest BCUT2D eigenvalue weighted by Gasteiger charge is -2.48. The van der Waals surface area contributed by atoms with Crippen molar-refractivity contribution in [2.24, 2.45) is 4.99 Å². The third-order valence-electron chi connectivity index (χ3n) is 11.3. The first-order chi connectivity index (χ1) is 25.5. The largest absolute Gasteiger partial charge is 0.493 e. The number of hydrogen-bond acceptors (Lipinski definition) is 9. The predicted octanol–water partition coefficient (Wildman–Crippen LogP) is 5.95. The normalized spacial score (nSPS) is 22.7. The maximum absolute atomic E-state index is 14.1. The van der Waals surface area contributed by atoms with E-state index in [1.807, 2.05) is 55.3 Å². The lowest BCUT2D eigenvalue weighted by molar-refractivity contribution is -0.0179. The molecular weight excluding hydrogens is 672 g/mol. The van der Waals surface area contributed by atoms with Crippen LogP contribution in [0.15, 0.2) is 77.8 Å². The monoisotopic (exact) mass is 716 g/mol. The van der Waals surface area contributed by atoms with Gasteiger partial charge in [0.25, 0.3) is 11.8 Å². The van der Waals surface area contributed by atoms with Crippen LogP contribution in [-0.2, 0) is 25.9 Å². The summed E-state index contributed by atoms with van der Waals surface area (Å²) in [6.45, 7) is 5.48. The van der Waals surface area contributed by atoms with Gasteiger partial charge in [0.05, 0.1) is 61.0 Å². The smallest absolute Gasteiger partial charge is 0.257 e. The second-order valence-corrected chi connectivity index (χ2v) is 14.7. The fraction of sp³-hybridized carbons (Fsp3) is 0.357. The van der Waals surface area contributed by atoms with E-state index in [-0.39, 0.29) is 18.4 Å². The standard InChI is InChI=1S/C42H44N4O7/c1-41-21-26-11-6-8-13-28(26)23-45(41)38(47)30-17-34(50-4)36(19-32(30)43-25-41)52-15-10-16-53-37-20-33-31(18-35(37)51-5)39(48)46-24-29-14-9-7-12-27(29)22-42(46,2)40(49)44(33)3/h6-9,11-14,17-20,25,40,49H,10,15-16,21-24H2,1-5H3. The average molecular weight is 717 g/mol. The van der Waals surface area contributed by atoms with Gasteiger partial charge in [0.1, 0.15) is 6.23 Å². The van der Waals surface area contributed by atoms with Gasteiger partial charge in [-0.15, -0.1) is 0 Å². The van der Waals surface area contributed by atoms with Gasteiger partial charge in [-0.25, -0.2) is 0 Å². The summed E-state index contributed by atoms with van der Waals surface area (Å²) in [6.07, 6.45) is 2.63. The van der Waals surface area contributed by atoms with Gasteiger partial charge in [-0.2, -0.15) is 0 Å². The Hall–Kier alpha value is -5.55. The third kappa shape index (κ3) is 5.74. The van der Waals surface area contributed by atoms with Crippen molar-refractivity contribution >= 4 is 29.4 Å². The SMILES string of the molecule is COc1cc2c(cc1OCCCOc1cc3c(cc1OC)C(=O)N1Cc4ccccc4CC1(C)C(O)N3C)N=CC1(C)Cc3ccccc3CN1C2=O. The van der Waals surface area contributed by atoms with E-state index < -0.39 is 17.3 Å². The van der Waals surface area contributed by atoms with E-state index in [1.54, 1.807) is 55.3 Å². The molecule has 0 saturated heterocycles. The van der Waals surface area contributed by atoms with Gasteiger partial charge in [-0.3, -0.25) is 14.6 Å². The topological polar surface area (TPSA) is 113 Å². The average Bonchev–Trinajstić information content (AvgIpc) is 3.30. The highest BCUT2D eigenvalue weighted by molar-refractivity contribution is 6.04. The summed E-state index contributed by atoms with van der Waals surface area (Å²) in [5.74, 6) is 1.53. The molecule has 0 radical (unpaired) electrons. The fourth-order valence-electron chi connectivity index (χ4n) is 8.24. The number of aliphatic hydroxyl groups is 1. The number of amides is 2. The van der Waals surface area contributed by atoms with E-state index in [0.717, 1.165) is 16.7 Å². The van der Waals surface area contributed by atoms with E-state index in [2.05, 4.69) is 18.2 Å². The van der Waals surface area contributed by atoms with Crippen LogP contribution in [0.3, 0.4) is 0 Å². The number of fused-ring (bicyclic) bond motifs is 6. The number of aliphatic hydroxyl groups excluding tert-OH is 1. The van der Waals surface area contributed by atoms with Crippen molar-refractivity contribution in [3.05, 3.63) is 106 Å². The summed E-state index contributed by atoms with van der Waals surface area (Å²) in [5, 5.41) is 11.7. The van der Waals surface area contributed by atoms with Crippen LogP contribution in [0, 0.1) is 0 Å². The molecule has 0 saturated carbocycles. The molecule has 0 spiro atoms. The van der Waals surface area contributed by atoms with Crippen LogP contribution in [0.2, 0.25) is 0 Å². The van der Waals surface area contributed by atoms with Gasteiger partial charge in [0.15, 0.2) is 23.0 Å². The highest BCUT2D eigenvalue weighted by atomic mass is 16.5. The quantitative estimate of drug-likeness (QED) is 0.223. The zero-order chi connectivity index (χ0) is 37.1. The molecule has 3 atom stereocenters. The number of nitrogens with zero attached hydrogens (tertiary/aromatic N) is 4. The number of benzene rings is 4. The molecule has 3 unspecified atom stereocenters. The molecule has 4 heterocycles. The molecule has 4 aliphatic rings. The van der Waals surface area contributed by atoms with Crippen LogP contribution in [-0.4, -0.2) is 84.7 Å². The summed E-state index contributed by atoms with van der Waals surface area (Å²) in [5.41, 5.74) is 5.16. The van der Waals surface area contributed by atoms with Crippen molar-refractivity contribution in [2.75, 3.05) is 39.4 Å². The molecule has 4 aromatic rings. The molecule has 53 heavy (non-hydrogen) atoms. The number of carbonyl (C=O) groups is 2. The van der Waals surface area contributed by atoms with Gasteiger partial charge in [-0.1, -0.05) is 48.5 Å². The minimum atomic E-state index is -0.966. The number of rotatable bonds is 8. The Bertz CT molecular complexity index is 2150. The van der Waals surface area contributed by atoms with Crippen LogP contribution < -0.4 is 23.8 Å².